The number of carbonyl (C=O) groups is 1. The normalized spacial score (nSPS) is 11.0. The summed E-state index contributed by atoms with van der Waals surface area (Å²) >= 11 is 0. The first-order valence-corrected chi connectivity index (χ1v) is 6.29. The molecule has 0 aromatic carbocycles. The maximum atomic E-state index is 10.8. The van der Waals surface area contributed by atoms with E-state index in [0.29, 0.717) is 17.7 Å². The van der Waals surface area contributed by atoms with Gasteiger partial charge in [0.25, 0.3) is 0 Å². The molecule has 0 saturated heterocycles. The van der Waals surface area contributed by atoms with E-state index in [1.165, 1.54) is 12.3 Å². The zero-order valence-corrected chi connectivity index (χ0v) is 9.03. The maximum absolute atomic E-state index is 10.8. The molecular formula is C9H11NO4S. The van der Waals surface area contributed by atoms with Gasteiger partial charge in [-0.05, 0) is 12.1 Å². The Kier molecular flexibility index (Phi) is 3.79. The minimum atomic E-state index is -3.01. The summed E-state index contributed by atoms with van der Waals surface area (Å²) in [5.41, 5.74) is 0.311. The summed E-state index contributed by atoms with van der Waals surface area (Å²) < 4.78 is 26.7. The van der Waals surface area contributed by atoms with Gasteiger partial charge in [-0.2, -0.15) is 0 Å². The predicted octanol–water partition coefficient (Wildman–Crippen LogP) is 0.318. The molecule has 0 aliphatic rings. The zero-order valence-electron chi connectivity index (χ0n) is 8.21. The molecule has 6 heteroatoms. The van der Waals surface area contributed by atoms with E-state index < -0.39 is 9.84 Å². The minimum absolute atomic E-state index is 0.0393. The summed E-state index contributed by atoms with van der Waals surface area (Å²) in [6.45, 7) is 0.0843. The molecule has 1 heterocycles. The Morgan fingerprint density at radius 1 is 1.47 bits per heavy atom. The average Bonchev–Trinajstić information content (AvgIpc) is 2.17. The highest BCUT2D eigenvalue weighted by atomic mass is 32.2. The molecule has 5 nitrogen and oxygen atoms in total. The van der Waals surface area contributed by atoms with Crippen molar-refractivity contribution in [3.05, 3.63) is 24.0 Å². The Hall–Kier alpha value is -1.43. The third-order valence-corrected chi connectivity index (χ3v) is 2.51. The standard InChI is InChI=1S/C9H11NO4S/c1-15(12,13)5-4-14-9-3-2-8(7-11)10-6-9/h2-3,6-7H,4-5H2,1H3. The van der Waals surface area contributed by atoms with Gasteiger partial charge in [-0.1, -0.05) is 0 Å². The number of rotatable bonds is 5. The van der Waals surface area contributed by atoms with E-state index in [0.717, 1.165) is 6.26 Å². The van der Waals surface area contributed by atoms with Crippen LogP contribution in [0.3, 0.4) is 0 Å². The van der Waals surface area contributed by atoms with E-state index in [9.17, 15) is 13.2 Å². The fourth-order valence-electron chi connectivity index (χ4n) is 0.858. The van der Waals surface area contributed by atoms with Crippen LogP contribution in [0.25, 0.3) is 0 Å². The van der Waals surface area contributed by atoms with Crippen LogP contribution in [0.15, 0.2) is 18.3 Å². The fraction of sp³-hybridized carbons (Fsp3) is 0.333. The Morgan fingerprint density at radius 2 is 2.20 bits per heavy atom. The quantitative estimate of drug-likeness (QED) is 0.680. The molecule has 0 atom stereocenters. The van der Waals surface area contributed by atoms with Gasteiger partial charge in [-0.25, -0.2) is 13.4 Å². The van der Waals surface area contributed by atoms with Gasteiger partial charge in [-0.15, -0.1) is 0 Å². The lowest BCUT2D eigenvalue weighted by Gasteiger charge is -2.04. The summed E-state index contributed by atoms with van der Waals surface area (Å²) in [6.07, 6.45) is 3.15. The highest BCUT2D eigenvalue weighted by Crippen LogP contribution is 2.07. The lowest BCUT2D eigenvalue weighted by atomic mass is 10.4. The number of hydrogen-bond acceptors (Lipinski definition) is 5. The summed E-state index contributed by atoms with van der Waals surface area (Å²) in [6, 6.07) is 3.07. The topological polar surface area (TPSA) is 73.3 Å². The highest BCUT2D eigenvalue weighted by molar-refractivity contribution is 7.90. The van der Waals surface area contributed by atoms with Crippen molar-refractivity contribution in [2.75, 3.05) is 18.6 Å². The van der Waals surface area contributed by atoms with Crippen LogP contribution in [-0.2, 0) is 9.84 Å². The summed E-state index contributed by atoms with van der Waals surface area (Å²) in [5.74, 6) is 0.409. The van der Waals surface area contributed by atoms with Gasteiger partial charge < -0.3 is 4.74 Å². The molecule has 0 bridgehead atoms. The molecule has 0 N–H and O–H groups in total. The maximum Gasteiger partial charge on any atom is 0.168 e. The summed E-state index contributed by atoms with van der Waals surface area (Å²) in [4.78, 5) is 14.1. The van der Waals surface area contributed by atoms with E-state index >= 15 is 0 Å². The molecule has 0 amide bonds. The monoisotopic (exact) mass is 229 g/mol. The molecule has 15 heavy (non-hydrogen) atoms. The van der Waals surface area contributed by atoms with Crippen LogP contribution < -0.4 is 4.74 Å². The first kappa shape index (κ1) is 11.6. The van der Waals surface area contributed by atoms with E-state index in [-0.39, 0.29) is 12.4 Å². The summed E-state index contributed by atoms with van der Waals surface area (Å²) in [5, 5.41) is 0. The van der Waals surface area contributed by atoms with Gasteiger partial charge in [-0.3, -0.25) is 4.79 Å². The average molecular weight is 229 g/mol. The predicted molar refractivity (Wildman–Crippen MR) is 54.8 cm³/mol. The third-order valence-electron chi connectivity index (χ3n) is 1.60. The summed E-state index contributed by atoms with van der Waals surface area (Å²) in [7, 11) is -3.01. The van der Waals surface area contributed by atoms with Gasteiger partial charge in [0.15, 0.2) is 16.1 Å². The van der Waals surface area contributed by atoms with Crippen LogP contribution in [0.5, 0.6) is 5.75 Å². The number of aromatic nitrogens is 1. The van der Waals surface area contributed by atoms with Crippen LogP contribution in [0.4, 0.5) is 0 Å². The zero-order chi connectivity index (χ0) is 11.3. The van der Waals surface area contributed by atoms with Crippen molar-refractivity contribution in [1.29, 1.82) is 0 Å². The van der Waals surface area contributed by atoms with Gasteiger partial charge in [0.1, 0.15) is 18.1 Å². The van der Waals surface area contributed by atoms with Crippen molar-refractivity contribution in [1.82, 2.24) is 4.98 Å². The fourth-order valence-corrected chi connectivity index (χ4v) is 1.24. The first-order valence-electron chi connectivity index (χ1n) is 4.23. The molecule has 1 aromatic heterocycles. The number of hydrogen-bond donors (Lipinski definition) is 0. The Morgan fingerprint density at radius 3 is 2.67 bits per heavy atom. The number of carbonyl (C=O) groups excluding carboxylic acids is 1. The number of sulfone groups is 1. The molecule has 1 aromatic rings. The Balaban J connectivity index is 2.48. The molecule has 0 aliphatic carbocycles. The van der Waals surface area contributed by atoms with Crippen molar-refractivity contribution in [3.63, 3.8) is 0 Å². The van der Waals surface area contributed by atoms with Crippen molar-refractivity contribution in [2.45, 2.75) is 0 Å². The molecule has 0 spiro atoms. The number of nitrogens with zero attached hydrogens (tertiary/aromatic N) is 1. The highest BCUT2D eigenvalue weighted by Gasteiger charge is 2.02. The minimum Gasteiger partial charge on any atom is -0.491 e. The van der Waals surface area contributed by atoms with Crippen LogP contribution >= 0.6 is 0 Å². The van der Waals surface area contributed by atoms with Crippen LogP contribution in [0.1, 0.15) is 10.5 Å². The van der Waals surface area contributed by atoms with Crippen molar-refractivity contribution in [3.8, 4) is 5.75 Å². The lowest BCUT2D eigenvalue weighted by Crippen LogP contribution is -2.12. The molecule has 0 unspecified atom stereocenters. The second-order valence-corrected chi connectivity index (χ2v) is 5.27. The van der Waals surface area contributed by atoms with E-state index in [4.69, 9.17) is 4.74 Å². The van der Waals surface area contributed by atoms with Gasteiger partial charge in [0.05, 0.1) is 11.9 Å². The molecule has 82 valence electrons. The van der Waals surface area contributed by atoms with E-state index in [2.05, 4.69) is 4.98 Å². The number of pyridine rings is 1. The largest absolute Gasteiger partial charge is 0.491 e. The molecule has 0 aliphatic heterocycles. The van der Waals surface area contributed by atoms with Crippen molar-refractivity contribution >= 4 is 16.1 Å². The Labute approximate surface area is 88.0 Å². The second-order valence-electron chi connectivity index (χ2n) is 3.01. The number of ether oxygens (including phenoxy) is 1. The smallest absolute Gasteiger partial charge is 0.168 e. The number of aldehydes is 1. The van der Waals surface area contributed by atoms with Crippen LogP contribution in [-0.4, -0.2) is 38.3 Å². The van der Waals surface area contributed by atoms with Crippen molar-refractivity contribution < 1.29 is 17.9 Å². The van der Waals surface area contributed by atoms with E-state index in [1.54, 1.807) is 6.07 Å². The van der Waals surface area contributed by atoms with E-state index in [1.807, 2.05) is 0 Å². The first-order chi connectivity index (χ1) is 7.01. The molecule has 0 fully saturated rings. The van der Waals surface area contributed by atoms with Gasteiger partial charge >= 0.3 is 0 Å². The van der Waals surface area contributed by atoms with Gasteiger partial charge in [0, 0.05) is 6.26 Å². The SMILES string of the molecule is CS(=O)(=O)CCOc1ccc(C=O)nc1. The molecular weight excluding hydrogens is 218 g/mol. The van der Waals surface area contributed by atoms with Crippen LogP contribution in [0, 0.1) is 0 Å². The van der Waals surface area contributed by atoms with Gasteiger partial charge in [0.2, 0.25) is 0 Å². The molecule has 0 saturated carbocycles. The lowest BCUT2D eigenvalue weighted by molar-refractivity contribution is 0.111. The molecule has 1 rings (SSSR count). The second kappa shape index (κ2) is 4.88. The Bertz CT molecular complexity index is 424. The van der Waals surface area contributed by atoms with Crippen LogP contribution in [0.2, 0.25) is 0 Å². The molecule has 0 radical (unpaired) electrons. The van der Waals surface area contributed by atoms with Crippen molar-refractivity contribution in [2.24, 2.45) is 0 Å². The third kappa shape index (κ3) is 4.55.